The van der Waals surface area contributed by atoms with Crippen LogP contribution in [-0.4, -0.2) is 27.5 Å². The number of carbonyl (C=O) groups is 1. The lowest BCUT2D eigenvalue weighted by Crippen LogP contribution is -2.20. The van der Waals surface area contributed by atoms with E-state index in [1.807, 2.05) is 6.07 Å². The number of primary amides is 1. The number of amides is 1. The molecule has 1 aliphatic rings. The van der Waals surface area contributed by atoms with Gasteiger partial charge in [-0.25, -0.2) is 9.97 Å². The van der Waals surface area contributed by atoms with Crippen molar-refractivity contribution < 1.29 is 9.53 Å². The summed E-state index contributed by atoms with van der Waals surface area (Å²) in [6, 6.07) is 11.1. The van der Waals surface area contributed by atoms with Crippen molar-refractivity contribution >= 4 is 17.5 Å². The second-order valence-electron chi connectivity index (χ2n) is 6.74. The number of carbonyl (C=O) groups excluding carboxylic acids is 1. The molecule has 0 aliphatic heterocycles. The fourth-order valence-corrected chi connectivity index (χ4v) is 2.90. The molecule has 0 atom stereocenters. The number of hydrogen-bond donors (Lipinski definition) is 2. The van der Waals surface area contributed by atoms with Crippen LogP contribution in [0.2, 0.25) is 0 Å². The smallest absolute Gasteiger partial charge is 0.255 e. The van der Waals surface area contributed by atoms with Gasteiger partial charge in [-0.15, -0.1) is 0 Å². The van der Waals surface area contributed by atoms with Gasteiger partial charge in [-0.1, -0.05) is 0 Å². The molecule has 0 radical (unpaired) electrons. The molecular weight excluding hydrogens is 368 g/mol. The van der Waals surface area contributed by atoms with Crippen LogP contribution in [0.25, 0.3) is 11.3 Å². The predicted molar refractivity (Wildman–Crippen MR) is 106 cm³/mol. The maximum atomic E-state index is 11.2. The number of nitrogens with one attached hydrogen (secondary N) is 1. The van der Waals surface area contributed by atoms with Crippen molar-refractivity contribution in [2.75, 3.05) is 11.9 Å². The van der Waals surface area contributed by atoms with Gasteiger partial charge in [0.15, 0.2) is 18.2 Å². The number of anilines is 2. The molecule has 8 nitrogen and oxygen atoms in total. The Labute approximate surface area is 167 Å². The highest BCUT2D eigenvalue weighted by Gasteiger charge is 2.24. The number of nitrogens with two attached hydrogens (primary N) is 1. The molecule has 1 aliphatic carbocycles. The van der Waals surface area contributed by atoms with Crippen molar-refractivity contribution in [2.24, 2.45) is 5.73 Å². The zero-order chi connectivity index (χ0) is 20.2. The Balaban J connectivity index is 1.66. The summed E-state index contributed by atoms with van der Waals surface area (Å²) in [6.07, 6.45) is 7.38. The van der Waals surface area contributed by atoms with E-state index in [2.05, 4.69) is 32.4 Å². The topological polar surface area (TPSA) is 127 Å². The molecular formula is C21H18N6O2. The molecule has 3 N–H and O–H groups in total. The maximum Gasteiger partial charge on any atom is 0.255 e. The minimum absolute atomic E-state index is 0.291. The molecule has 4 rings (SSSR count). The Hall–Kier alpha value is -3.99. The van der Waals surface area contributed by atoms with Crippen molar-refractivity contribution in [1.29, 1.82) is 5.26 Å². The highest BCUT2D eigenvalue weighted by Crippen LogP contribution is 2.41. The number of nitrogens with zero attached hydrogens (tertiary/aromatic N) is 4. The quantitative estimate of drug-likeness (QED) is 0.639. The third-order valence-electron chi connectivity index (χ3n) is 4.49. The Morgan fingerprint density at radius 2 is 2.03 bits per heavy atom. The summed E-state index contributed by atoms with van der Waals surface area (Å²) < 4.78 is 5.56. The summed E-state index contributed by atoms with van der Waals surface area (Å²) in [5, 5.41) is 12.1. The number of hydrogen-bond acceptors (Lipinski definition) is 7. The van der Waals surface area contributed by atoms with E-state index in [9.17, 15) is 4.79 Å². The minimum Gasteiger partial charge on any atom is -0.480 e. The van der Waals surface area contributed by atoms with E-state index in [1.165, 1.54) is 24.6 Å². The van der Waals surface area contributed by atoms with Gasteiger partial charge in [-0.2, -0.15) is 5.26 Å². The van der Waals surface area contributed by atoms with Crippen molar-refractivity contribution in [2.45, 2.75) is 18.8 Å². The Morgan fingerprint density at radius 1 is 1.21 bits per heavy atom. The highest BCUT2D eigenvalue weighted by molar-refractivity contribution is 5.76. The number of rotatable bonds is 7. The van der Waals surface area contributed by atoms with Crippen LogP contribution in [-0.2, 0) is 4.79 Å². The monoisotopic (exact) mass is 386 g/mol. The van der Waals surface area contributed by atoms with Crippen molar-refractivity contribution in [3.05, 3.63) is 60.0 Å². The Kier molecular flexibility index (Phi) is 5.03. The van der Waals surface area contributed by atoms with Gasteiger partial charge in [0.05, 0.1) is 17.3 Å². The molecule has 1 fully saturated rings. The molecule has 3 aromatic rings. The standard InChI is InChI=1S/C21H18N6O2/c22-10-13-3-5-25-20(7-13)27-21-18(29-12-19(23)28)9-16(11-26-21)17-8-15(4-6-24-17)14-1-2-14/h3-9,11,14H,1-2,12H2,(H2,23,28)(H,25,26,27). The Morgan fingerprint density at radius 3 is 2.79 bits per heavy atom. The van der Waals surface area contributed by atoms with E-state index in [0.717, 1.165) is 11.3 Å². The lowest BCUT2D eigenvalue weighted by atomic mass is 10.1. The maximum absolute atomic E-state index is 11.2. The van der Waals surface area contributed by atoms with E-state index in [1.54, 1.807) is 30.6 Å². The summed E-state index contributed by atoms with van der Waals surface area (Å²) in [5.74, 6) is 1.14. The average Bonchev–Trinajstić information content (AvgIpc) is 3.59. The Bertz CT molecular complexity index is 1100. The predicted octanol–water partition coefficient (Wildman–Crippen LogP) is 2.90. The fourth-order valence-electron chi connectivity index (χ4n) is 2.90. The van der Waals surface area contributed by atoms with Crippen LogP contribution in [0.4, 0.5) is 11.6 Å². The molecule has 1 amide bonds. The third kappa shape index (κ3) is 4.47. The molecule has 8 heteroatoms. The first-order chi connectivity index (χ1) is 14.1. The van der Waals surface area contributed by atoms with Crippen LogP contribution in [0.3, 0.4) is 0 Å². The van der Waals surface area contributed by atoms with Gasteiger partial charge in [0, 0.05) is 24.2 Å². The molecule has 3 heterocycles. The second-order valence-corrected chi connectivity index (χ2v) is 6.74. The second kappa shape index (κ2) is 7.94. The van der Waals surface area contributed by atoms with Gasteiger partial charge in [0.1, 0.15) is 5.82 Å². The van der Waals surface area contributed by atoms with Crippen LogP contribution >= 0.6 is 0 Å². The zero-order valence-corrected chi connectivity index (χ0v) is 15.5. The molecule has 0 spiro atoms. The molecule has 0 aromatic carbocycles. The largest absolute Gasteiger partial charge is 0.480 e. The number of nitriles is 1. The highest BCUT2D eigenvalue weighted by atomic mass is 16.5. The molecule has 0 saturated heterocycles. The van der Waals surface area contributed by atoms with E-state index in [0.29, 0.717) is 28.9 Å². The summed E-state index contributed by atoms with van der Waals surface area (Å²) in [5.41, 5.74) is 8.48. The lowest BCUT2D eigenvalue weighted by Gasteiger charge is -2.13. The van der Waals surface area contributed by atoms with Crippen LogP contribution in [0.1, 0.15) is 29.9 Å². The first-order valence-electron chi connectivity index (χ1n) is 9.13. The summed E-state index contributed by atoms with van der Waals surface area (Å²) in [7, 11) is 0. The molecule has 144 valence electrons. The van der Waals surface area contributed by atoms with Crippen LogP contribution in [0.5, 0.6) is 5.75 Å². The average molecular weight is 386 g/mol. The van der Waals surface area contributed by atoms with Crippen LogP contribution < -0.4 is 15.8 Å². The zero-order valence-electron chi connectivity index (χ0n) is 15.5. The van der Waals surface area contributed by atoms with Crippen molar-refractivity contribution in [1.82, 2.24) is 15.0 Å². The van der Waals surface area contributed by atoms with Crippen molar-refractivity contribution in [3.8, 4) is 23.1 Å². The normalized spacial score (nSPS) is 12.8. The van der Waals surface area contributed by atoms with Gasteiger partial charge >= 0.3 is 0 Å². The summed E-state index contributed by atoms with van der Waals surface area (Å²) in [4.78, 5) is 24.2. The summed E-state index contributed by atoms with van der Waals surface area (Å²) >= 11 is 0. The van der Waals surface area contributed by atoms with Gasteiger partial charge < -0.3 is 15.8 Å². The van der Waals surface area contributed by atoms with E-state index < -0.39 is 5.91 Å². The molecule has 29 heavy (non-hydrogen) atoms. The minimum atomic E-state index is -0.597. The summed E-state index contributed by atoms with van der Waals surface area (Å²) in [6.45, 7) is -0.291. The van der Waals surface area contributed by atoms with E-state index in [-0.39, 0.29) is 6.61 Å². The number of pyridine rings is 3. The third-order valence-corrected chi connectivity index (χ3v) is 4.49. The van der Waals surface area contributed by atoms with Gasteiger partial charge in [-0.3, -0.25) is 9.78 Å². The van der Waals surface area contributed by atoms with Crippen LogP contribution in [0, 0.1) is 11.3 Å². The van der Waals surface area contributed by atoms with Crippen molar-refractivity contribution in [3.63, 3.8) is 0 Å². The van der Waals surface area contributed by atoms with E-state index >= 15 is 0 Å². The first-order valence-corrected chi connectivity index (χ1v) is 9.13. The molecule has 0 unspecified atom stereocenters. The molecule has 0 bridgehead atoms. The van der Waals surface area contributed by atoms with Gasteiger partial charge in [-0.05, 0) is 54.7 Å². The molecule has 1 saturated carbocycles. The SMILES string of the molecule is N#Cc1ccnc(Nc2ncc(-c3cc(C4CC4)ccn3)cc2OCC(N)=O)c1. The number of aromatic nitrogens is 3. The first kappa shape index (κ1) is 18.4. The van der Waals surface area contributed by atoms with Gasteiger partial charge in [0.2, 0.25) is 0 Å². The van der Waals surface area contributed by atoms with E-state index in [4.69, 9.17) is 15.7 Å². The van der Waals surface area contributed by atoms with Gasteiger partial charge in [0.25, 0.3) is 5.91 Å². The number of ether oxygens (including phenoxy) is 1. The van der Waals surface area contributed by atoms with Crippen LogP contribution in [0.15, 0.2) is 48.9 Å². The fraction of sp³-hybridized carbons (Fsp3) is 0.190. The lowest BCUT2D eigenvalue weighted by molar-refractivity contribution is -0.119. The molecule has 3 aromatic heterocycles.